The van der Waals surface area contributed by atoms with Gasteiger partial charge in [-0.25, -0.2) is 4.79 Å². The van der Waals surface area contributed by atoms with E-state index in [1.165, 1.54) is 12.1 Å². The average molecular weight is 365 g/mol. The Balaban J connectivity index is 2.28. The lowest BCUT2D eigenvalue weighted by Crippen LogP contribution is -2.43. The van der Waals surface area contributed by atoms with Gasteiger partial charge in [0.2, 0.25) is 0 Å². The smallest absolute Gasteiger partial charge is 0.417 e. The molecule has 0 saturated carbocycles. The molecule has 0 saturated heterocycles. The molecular formula is C19H18F3NO3. The van der Waals surface area contributed by atoms with Crippen LogP contribution in [0.2, 0.25) is 0 Å². The number of nitrogens with one attached hydrogen (secondary N) is 1. The van der Waals surface area contributed by atoms with Gasteiger partial charge in [0, 0.05) is 6.42 Å². The summed E-state index contributed by atoms with van der Waals surface area (Å²) in [6, 6.07) is 10.5. The van der Waals surface area contributed by atoms with E-state index in [0.29, 0.717) is 0 Å². The van der Waals surface area contributed by atoms with E-state index in [2.05, 4.69) is 10.1 Å². The van der Waals surface area contributed by atoms with Crippen LogP contribution in [0.15, 0.2) is 48.5 Å². The van der Waals surface area contributed by atoms with E-state index in [1.807, 2.05) is 19.1 Å². The minimum absolute atomic E-state index is 0.110. The van der Waals surface area contributed by atoms with Crippen molar-refractivity contribution in [3.8, 4) is 0 Å². The highest BCUT2D eigenvalue weighted by Gasteiger charge is 2.35. The van der Waals surface area contributed by atoms with Gasteiger partial charge in [0.05, 0.1) is 18.2 Å². The van der Waals surface area contributed by atoms with Gasteiger partial charge < -0.3 is 10.1 Å². The van der Waals surface area contributed by atoms with E-state index in [-0.39, 0.29) is 6.42 Å². The fraction of sp³-hybridized carbons (Fsp3) is 0.263. The van der Waals surface area contributed by atoms with Crippen LogP contribution < -0.4 is 5.32 Å². The van der Waals surface area contributed by atoms with Crippen LogP contribution in [0.5, 0.6) is 0 Å². The van der Waals surface area contributed by atoms with Gasteiger partial charge in [-0.05, 0) is 30.2 Å². The van der Waals surface area contributed by atoms with Gasteiger partial charge in [-0.1, -0.05) is 36.4 Å². The maximum absolute atomic E-state index is 13.1. The van der Waals surface area contributed by atoms with Crippen LogP contribution in [-0.2, 0) is 22.1 Å². The summed E-state index contributed by atoms with van der Waals surface area (Å²) < 4.78 is 44.0. The largest absolute Gasteiger partial charge is 0.467 e. The number of carbonyl (C=O) groups excluding carboxylic acids is 2. The molecule has 0 heterocycles. The number of benzene rings is 2. The first-order valence-corrected chi connectivity index (χ1v) is 7.83. The molecule has 1 amide bonds. The third-order valence-electron chi connectivity index (χ3n) is 3.95. The van der Waals surface area contributed by atoms with E-state index >= 15 is 0 Å². The number of rotatable bonds is 5. The van der Waals surface area contributed by atoms with Gasteiger partial charge in [-0.15, -0.1) is 0 Å². The summed E-state index contributed by atoms with van der Waals surface area (Å²) in [5, 5.41) is 2.36. The fourth-order valence-electron chi connectivity index (χ4n) is 2.56. The molecule has 4 nitrogen and oxygen atoms in total. The van der Waals surface area contributed by atoms with Gasteiger partial charge in [0.25, 0.3) is 5.91 Å². The summed E-state index contributed by atoms with van der Waals surface area (Å²) in [5.41, 5.74) is 0.0781. The summed E-state index contributed by atoms with van der Waals surface area (Å²) in [6.07, 6.45) is -4.57. The summed E-state index contributed by atoms with van der Waals surface area (Å²) in [4.78, 5) is 24.4. The number of hydrogen-bond donors (Lipinski definition) is 1. The van der Waals surface area contributed by atoms with Crippen molar-refractivity contribution in [3.63, 3.8) is 0 Å². The lowest BCUT2D eigenvalue weighted by Gasteiger charge is -2.19. The lowest BCUT2D eigenvalue weighted by molar-refractivity contribution is -0.142. The third kappa shape index (κ3) is 4.62. The SMILES string of the molecule is COC(=O)[C@H](Cc1ccccc1C)NC(=O)c1ccccc1C(F)(F)F. The Kier molecular flexibility index (Phi) is 6.02. The van der Waals surface area contributed by atoms with Crippen molar-refractivity contribution in [2.24, 2.45) is 0 Å². The van der Waals surface area contributed by atoms with Gasteiger partial charge in [0.1, 0.15) is 6.04 Å². The molecule has 0 fully saturated rings. The number of ether oxygens (including phenoxy) is 1. The predicted octanol–water partition coefficient (Wildman–Crippen LogP) is 3.53. The van der Waals surface area contributed by atoms with Crippen LogP contribution >= 0.6 is 0 Å². The first-order chi connectivity index (χ1) is 12.2. The van der Waals surface area contributed by atoms with E-state index in [9.17, 15) is 22.8 Å². The predicted molar refractivity (Wildman–Crippen MR) is 89.6 cm³/mol. The quantitative estimate of drug-likeness (QED) is 0.825. The molecule has 0 bridgehead atoms. The number of amides is 1. The topological polar surface area (TPSA) is 55.4 Å². The van der Waals surface area contributed by atoms with E-state index in [0.717, 1.165) is 30.4 Å². The summed E-state index contributed by atoms with van der Waals surface area (Å²) in [7, 11) is 1.16. The van der Waals surface area contributed by atoms with Gasteiger partial charge in [0.15, 0.2) is 0 Å². The zero-order chi connectivity index (χ0) is 19.3. The van der Waals surface area contributed by atoms with Crippen LogP contribution in [-0.4, -0.2) is 25.0 Å². The van der Waals surface area contributed by atoms with Crippen molar-refractivity contribution in [3.05, 3.63) is 70.8 Å². The standard InChI is InChI=1S/C19H18F3NO3/c1-12-7-3-4-8-13(12)11-16(18(25)26-2)23-17(24)14-9-5-6-10-15(14)19(20,21)22/h3-10,16H,11H2,1-2H3,(H,23,24)/t16-/m0/s1. The highest BCUT2D eigenvalue weighted by Crippen LogP contribution is 2.31. The highest BCUT2D eigenvalue weighted by molar-refractivity contribution is 5.98. The van der Waals surface area contributed by atoms with Crippen molar-refractivity contribution in [2.45, 2.75) is 25.6 Å². The molecule has 7 heteroatoms. The second-order valence-electron chi connectivity index (χ2n) is 5.72. The van der Waals surface area contributed by atoms with Crippen LogP contribution in [0.25, 0.3) is 0 Å². The number of hydrogen-bond acceptors (Lipinski definition) is 3. The molecule has 0 unspecified atom stereocenters. The third-order valence-corrected chi connectivity index (χ3v) is 3.95. The molecule has 138 valence electrons. The Bertz CT molecular complexity index is 803. The van der Waals surface area contributed by atoms with Crippen molar-refractivity contribution in [1.82, 2.24) is 5.32 Å². The number of esters is 1. The number of halogens is 3. The zero-order valence-corrected chi connectivity index (χ0v) is 14.3. The molecule has 0 aromatic heterocycles. The van der Waals surface area contributed by atoms with Crippen LogP contribution in [0.3, 0.4) is 0 Å². The Hall–Kier alpha value is -2.83. The second-order valence-corrected chi connectivity index (χ2v) is 5.72. The van der Waals surface area contributed by atoms with Crippen LogP contribution in [0, 0.1) is 6.92 Å². The Morgan fingerprint density at radius 2 is 1.69 bits per heavy atom. The molecule has 1 N–H and O–H groups in total. The molecule has 0 spiro atoms. The van der Waals surface area contributed by atoms with Crippen molar-refractivity contribution < 1.29 is 27.5 Å². The first-order valence-electron chi connectivity index (χ1n) is 7.83. The van der Waals surface area contributed by atoms with E-state index in [4.69, 9.17) is 0 Å². The maximum atomic E-state index is 13.1. The average Bonchev–Trinajstić information content (AvgIpc) is 2.61. The Morgan fingerprint density at radius 3 is 2.31 bits per heavy atom. The second kappa shape index (κ2) is 8.03. The molecule has 0 aliphatic rings. The molecule has 26 heavy (non-hydrogen) atoms. The molecule has 2 aromatic rings. The molecule has 0 radical (unpaired) electrons. The summed E-state index contributed by atoms with van der Waals surface area (Å²) in [5.74, 6) is -1.71. The monoisotopic (exact) mass is 365 g/mol. The normalized spacial score (nSPS) is 12.3. The molecule has 0 aliphatic carbocycles. The minimum Gasteiger partial charge on any atom is -0.467 e. The number of carbonyl (C=O) groups is 2. The van der Waals surface area contributed by atoms with Crippen LogP contribution in [0.4, 0.5) is 13.2 Å². The zero-order valence-electron chi connectivity index (χ0n) is 14.3. The summed E-state index contributed by atoms with van der Waals surface area (Å²) >= 11 is 0. The van der Waals surface area contributed by atoms with Crippen molar-refractivity contribution >= 4 is 11.9 Å². The lowest BCUT2D eigenvalue weighted by atomic mass is 10.00. The molecule has 2 rings (SSSR count). The van der Waals surface area contributed by atoms with E-state index in [1.54, 1.807) is 12.1 Å². The van der Waals surface area contributed by atoms with Crippen molar-refractivity contribution in [1.29, 1.82) is 0 Å². The summed E-state index contributed by atoms with van der Waals surface area (Å²) in [6.45, 7) is 1.84. The van der Waals surface area contributed by atoms with Gasteiger partial charge >= 0.3 is 12.1 Å². The van der Waals surface area contributed by atoms with Gasteiger partial charge in [-0.3, -0.25) is 4.79 Å². The molecular weight excluding hydrogens is 347 g/mol. The fourth-order valence-corrected chi connectivity index (χ4v) is 2.56. The number of aryl methyl sites for hydroxylation is 1. The Morgan fingerprint density at radius 1 is 1.08 bits per heavy atom. The maximum Gasteiger partial charge on any atom is 0.417 e. The van der Waals surface area contributed by atoms with Gasteiger partial charge in [-0.2, -0.15) is 13.2 Å². The first kappa shape index (κ1) is 19.5. The van der Waals surface area contributed by atoms with E-state index < -0.39 is 35.2 Å². The minimum atomic E-state index is -4.68. The van der Waals surface area contributed by atoms with Crippen molar-refractivity contribution in [2.75, 3.05) is 7.11 Å². The highest BCUT2D eigenvalue weighted by atomic mass is 19.4. The van der Waals surface area contributed by atoms with Crippen LogP contribution in [0.1, 0.15) is 27.0 Å². The molecule has 0 aliphatic heterocycles. The molecule has 2 aromatic carbocycles. The number of alkyl halides is 3. The number of methoxy groups -OCH3 is 1. The molecule has 1 atom stereocenters. The Labute approximate surface area is 149 Å².